The average Bonchev–Trinajstić information content (AvgIpc) is 2.89. The van der Waals surface area contributed by atoms with Crippen molar-refractivity contribution < 1.29 is 63.9 Å². The van der Waals surface area contributed by atoms with E-state index in [2.05, 4.69) is 28.4 Å². The van der Waals surface area contributed by atoms with Crippen LogP contribution in [0.1, 0.15) is 52.4 Å². The molecule has 0 radical (unpaired) electrons. The number of nitrogens with two attached hydrogens (primary N) is 1. The smallest absolute Gasteiger partial charge is 0.469 e. The standard InChI is InChI=1S/C10H19NO4.C6H9F3O5S.C5H11NO2/c1-4-8(10(13)15-3)11-7-5-6-9(12)14-2;1-3-4(5(10)13-2)14-15(11,12)6(7,8)9;1-8-5(7)3-2-4-6/h8,11H,4-7H2,1-3H3;4H,3H2,1-2H3;2-4,6H2,1H3/t8-;4-;/m00./s1. The lowest BCUT2D eigenvalue weighted by Crippen LogP contribution is -2.37. The SMILES string of the molecule is CC[C@H](NCCCC(=O)OC)C(=O)OC.CC[C@H](OS(=O)(=O)C(F)(F)F)C(=O)OC.COC(=O)CCCN. The van der Waals surface area contributed by atoms with Gasteiger partial charge in [0.05, 0.1) is 28.4 Å². The molecular formula is C21H39F3N2O11S. The second kappa shape index (κ2) is 22.5. The summed E-state index contributed by atoms with van der Waals surface area (Å²) >= 11 is 0. The molecule has 0 rings (SSSR count). The summed E-state index contributed by atoms with van der Waals surface area (Å²) in [7, 11) is -0.757. The fraction of sp³-hybridized carbons (Fsp3) is 0.810. The summed E-state index contributed by atoms with van der Waals surface area (Å²) < 4.78 is 77.7. The van der Waals surface area contributed by atoms with Gasteiger partial charge in [-0.2, -0.15) is 21.6 Å². The molecule has 0 fully saturated rings. The molecule has 0 aliphatic carbocycles. The fourth-order valence-electron chi connectivity index (χ4n) is 2.11. The Kier molecular flexibility index (Phi) is 23.7. The van der Waals surface area contributed by atoms with Crippen LogP contribution in [-0.4, -0.2) is 91.5 Å². The van der Waals surface area contributed by atoms with Crippen molar-refractivity contribution in [3.63, 3.8) is 0 Å². The third-order valence-electron chi connectivity index (χ3n) is 4.24. The first-order valence-electron chi connectivity index (χ1n) is 11.3. The third-order valence-corrected chi connectivity index (χ3v) is 5.30. The van der Waals surface area contributed by atoms with Gasteiger partial charge >= 0.3 is 39.5 Å². The molecule has 0 saturated heterocycles. The molecule has 0 aromatic carbocycles. The Bertz CT molecular complexity index is 794. The molecule has 0 amide bonds. The van der Waals surface area contributed by atoms with Crippen molar-refractivity contribution in [2.45, 2.75) is 70.0 Å². The van der Waals surface area contributed by atoms with E-state index in [-0.39, 0.29) is 30.4 Å². The highest BCUT2D eigenvalue weighted by atomic mass is 32.2. The zero-order valence-electron chi connectivity index (χ0n) is 22.4. The zero-order chi connectivity index (χ0) is 30.4. The van der Waals surface area contributed by atoms with Crippen LogP contribution in [0.4, 0.5) is 13.2 Å². The van der Waals surface area contributed by atoms with Crippen molar-refractivity contribution in [2.24, 2.45) is 5.73 Å². The minimum Gasteiger partial charge on any atom is -0.469 e. The van der Waals surface area contributed by atoms with Crippen LogP contribution in [0.25, 0.3) is 0 Å². The highest BCUT2D eigenvalue weighted by molar-refractivity contribution is 7.87. The average molecular weight is 585 g/mol. The summed E-state index contributed by atoms with van der Waals surface area (Å²) in [5.74, 6) is -1.86. The summed E-state index contributed by atoms with van der Waals surface area (Å²) in [4.78, 5) is 43.0. The van der Waals surface area contributed by atoms with Crippen LogP contribution in [0.3, 0.4) is 0 Å². The topological polar surface area (TPSA) is 187 Å². The Morgan fingerprint density at radius 1 is 0.816 bits per heavy atom. The van der Waals surface area contributed by atoms with Gasteiger partial charge in [-0.05, 0) is 38.8 Å². The number of hydrogen-bond donors (Lipinski definition) is 2. The van der Waals surface area contributed by atoms with Crippen molar-refractivity contribution in [3.8, 4) is 0 Å². The monoisotopic (exact) mass is 584 g/mol. The molecule has 0 spiro atoms. The molecule has 17 heteroatoms. The summed E-state index contributed by atoms with van der Waals surface area (Å²) in [6.45, 7) is 4.33. The van der Waals surface area contributed by atoms with Gasteiger partial charge in [0.15, 0.2) is 6.10 Å². The maximum Gasteiger partial charge on any atom is 0.523 e. The van der Waals surface area contributed by atoms with E-state index in [4.69, 9.17) is 5.73 Å². The van der Waals surface area contributed by atoms with E-state index in [0.29, 0.717) is 45.2 Å². The van der Waals surface area contributed by atoms with Crippen LogP contribution >= 0.6 is 0 Å². The molecule has 0 heterocycles. The molecule has 0 aromatic heterocycles. The highest BCUT2D eigenvalue weighted by Crippen LogP contribution is 2.26. The molecule has 0 aliphatic rings. The van der Waals surface area contributed by atoms with Crippen molar-refractivity contribution in [3.05, 3.63) is 0 Å². The quantitative estimate of drug-likeness (QED) is 0.0975. The molecule has 13 nitrogen and oxygen atoms in total. The van der Waals surface area contributed by atoms with Gasteiger partial charge in [0, 0.05) is 12.8 Å². The van der Waals surface area contributed by atoms with E-state index in [9.17, 15) is 40.8 Å². The first kappa shape index (κ1) is 40.0. The number of carbonyl (C=O) groups is 4. The van der Waals surface area contributed by atoms with E-state index >= 15 is 0 Å². The lowest BCUT2D eigenvalue weighted by Gasteiger charge is -2.14. The van der Waals surface area contributed by atoms with Gasteiger partial charge in [0.2, 0.25) is 0 Å². The van der Waals surface area contributed by atoms with Crippen LogP contribution in [0.5, 0.6) is 0 Å². The largest absolute Gasteiger partial charge is 0.523 e. The maximum absolute atomic E-state index is 11.8. The van der Waals surface area contributed by atoms with Crippen molar-refractivity contribution in [2.75, 3.05) is 41.5 Å². The molecule has 0 saturated carbocycles. The first-order valence-corrected chi connectivity index (χ1v) is 12.7. The zero-order valence-corrected chi connectivity index (χ0v) is 23.2. The second-order valence-electron chi connectivity index (χ2n) is 7.00. The Hall–Kier alpha value is -2.50. The van der Waals surface area contributed by atoms with Crippen molar-refractivity contribution in [1.82, 2.24) is 5.32 Å². The minimum atomic E-state index is -5.76. The number of nitrogens with one attached hydrogen (secondary N) is 1. The van der Waals surface area contributed by atoms with Crippen LogP contribution < -0.4 is 11.1 Å². The number of alkyl halides is 3. The summed E-state index contributed by atoms with van der Waals surface area (Å²) in [5.41, 5.74) is -0.423. The van der Waals surface area contributed by atoms with Crippen molar-refractivity contribution >= 4 is 34.0 Å². The lowest BCUT2D eigenvalue weighted by molar-refractivity contribution is -0.149. The molecule has 0 aliphatic heterocycles. The van der Waals surface area contributed by atoms with E-state index in [0.717, 1.165) is 7.11 Å². The Labute approximate surface area is 220 Å². The van der Waals surface area contributed by atoms with Gasteiger partial charge in [-0.15, -0.1) is 0 Å². The molecule has 0 bridgehead atoms. The maximum atomic E-state index is 11.8. The molecule has 38 heavy (non-hydrogen) atoms. The van der Waals surface area contributed by atoms with E-state index in [1.165, 1.54) is 28.3 Å². The number of rotatable bonds is 14. The van der Waals surface area contributed by atoms with Crippen LogP contribution in [0, 0.1) is 0 Å². The van der Waals surface area contributed by atoms with Gasteiger partial charge in [0.25, 0.3) is 0 Å². The number of hydrogen-bond acceptors (Lipinski definition) is 13. The normalized spacial score (nSPS) is 12.4. The fourth-order valence-corrected chi connectivity index (χ4v) is 2.74. The number of methoxy groups -OCH3 is 4. The van der Waals surface area contributed by atoms with Crippen molar-refractivity contribution in [1.29, 1.82) is 0 Å². The molecular weight excluding hydrogens is 545 g/mol. The number of esters is 4. The molecule has 3 N–H and O–H groups in total. The predicted octanol–water partition coefficient (Wildman–Crippen LogP) is 1.18. The molecule has 2 atom stereocenters. The number of halogens is 3. The van der Waals surface area contributed by atoms with Gasteiger partial charge in [0.1, 0.15) is 6.04 Å². The van der Waals surface area contributed by atoms with Gasteiger partial charge in [-0.1, -0.05) is 13.8 Å². The van der Waals surface area contributed by atoms with Gasteiger partial charge < -0.3 is 30.0 Å². The van der Waals surface area contributed by atoms with E-state index in [1.807, 2.05) is 6.92 Å². The Morgan fingerprint density at radius 3 is 1.63 bits per heavy atom. The molecule has 0 aromatic rings. The van der Waals surface area contributed by atoms with Crippen LogP contribution in [0.15, 0.2) is 0 Å². The summed E-state index contributed by atoms with van der Waals surface area (Å²) in [5, 5.41) is 3.02. The highest BCUT2D eigenvalue weighted by Gasteiger charge is 2.49. The molecule has 0 unspecified atom stereocenters. The first-order chi connectivity index (χ1) is 17.6. The third kappa shape index (κ3) is 19.6. The molecule has 226 valence electrons. The van der Waals surface area contributed by atoms with Crippen LogP contribution in [0.2, 0.25) is 0 Å². The van der Waals surface area contributed by atoms with Gasteiger partial charge in [-0.3, -0.25) is 14.4 Å². The van der Waals surface area contributed by atoms with Crippen LogP contribution in [-0.2, 0) is 52.4 Å². The minimum absolute atomic E-state index is 0.185. The lowest BCUT2D eigenvalue weighted by atomic mass is 10.2. The predicted molar refractivity (Wildman–Crippen MR) is 128 cm³/mol. The Balaban J connectivity index is -0.000000508. The number of carbonyl (C=O) groups excluding carboxylic acids is 4. The second-order valence-corrected chi connectivity index (χ2v) is 8.57. The Morgan fingerprint density at radius 2 is 1.29 bits per heavy atom. The van der Waals surface area contributed by atoms with E-state index < -0.39 is 27.7 Å². The summed E-state index contributed by atoms with van der Waals surface area (Å²) in [6, 6.07) is -0.285. The van der Waals surface area contributed by atoms with Gasteiger partial charge in [-0.25, -0.2) is 8.98 Å². The number of ether oxygens (including phenoxy) is 4. The van der Waals surface area contributed by atoms with E-state index in [1.54, 1.807) is 0 Å². The summed E-state index contributed by atoms with van der Waals surface area (Å²) in [6.07, 6.45) is 0.815.